The lowest BCUT2D eigenvalue weighted by atomic mass is 9.67. The van der Waals surface area contributed by atoms with Crippen molar-refractivity contribution >= 4 is 15.9 Å². The molecule has 0 saturated carbocycles. The van der Waals surface area contributed by atoms with E-state index < -0.39 is 11.5 Å². The van der Waals surface area contributed by atoms with E-state index in [9.17, 15) is 10.4 Å². The number of nitrogens with zero attached hydrogens (tertiary/aromatic N) is 2. The zero-order chi connectivity index (χ0) is 14.9. The number of rotatable bonds is 2. The first-order valence-electron chi connectivity index (χ1n) is 6.96. The van der Waals surface area contributed by atoms with Crippen molar-refractivity contribution in [2.45, 2.75) is 30.8 Å². The molecule has 2 unspecified atom stereocenters. The van der Waals surface area contributed by atoms with Crippen molar-refractivity contribution in [2.75, 3.05) is 0 Å². The third-order valence-corrected chi connectivity index (χ3v) is 4.68. The van der Waals surface area contributed by atoms with E-state index >= 15 is 0 Å². The van der Waals surface area contributed by atoms with Crippen LogP contribution in [0, 0.1) is 11.3 Å². The van der Waals surface area contributed by atoms with Gasteiger partial charge in [-0.05, 0) is 58.5 Å². The molecule has 0 fully saturated rings. The molecule has 0 bridgehead atoms. The molecular formula is C17H15BrN2O. The van der Waals surface area contributed by atoms with Gasteiger partial charge in [0.25, 0.3) is 0 Å². The molecule has 2 aromatic rings. The third kappa shape index (κ3) is 2.37. The van der Waals surface area contributed by atoms with Gasteiger partial charge in [0.15, 0.2) is 0 Å². The second kappa shape index (κ2) is 5.59. The minimum Gasteiger partial charge on any atom is -0.385 e. The normalized spacial score (nSPS) is 22.1. The van der Waals surface area contributed by atoms with Gasteiger partial charge in [-0.25, -0.2) is 0 Å². The highest BCUT2D eigenvalue weighted by molar-refractivity contribution is 9.10. The van der Waals surface area contributed by atoms with Crippen molar-refractivity contribution in [2.24, 2.45) is 0 Å². The van der Waals surface area contributed by atoms with Crippen LogP contribution in [0.3, 0.4) is 0 Å². The fourth-order valence-electron chi connectivity index (χ4n) is 3.13. The van der Waals surface area contributed by atoms with Gasteiger partial charge in [0.2, 0.25) is 0 Å². The van der Waals surface area contributed by atoms with Gasteiger partial charge >= 0.3 is 0 Å². The molecule has 1 aliphatic rings. The van der Waals surface area contributed by atoms with Gasteiger partial charge in [-0.3, -0.25) is 4.98 Å². The summed E-state index contributed by atoms with van der Waals surface area (Å²) in [4.78, 5) is 4.27. The molecule has 0 radical (unpaired) electrons. The fourth-order valence-corrected chi connectivity index (χ4v) is 3.36. The minimum atomic E-state index is -0.919. The summed E-state index contributed by atoms with van der Waals surface area (Å²) in [5.74, 6) is 0. The van der Waals surface area contributed by atoms with E-state index in [1.54, 1.807) is 12.3 Å². The molecule has 3 nitrogen and oxygen atoms in total. The van der Waals surface area contributed by atoms with Gasteiger partial charge in [0, 0.05) is 10.7 Å². The Morgan fingerprint density at radius 2 is 2.10 bits per heavy atom. The number of pyridine rings is 1. The Morgan fingerprint density at radius 1 is 1.29 bits per heavy atom. The van der Waals surface area contributed by atoms with Crippen molar-refractivity contribution in [3.8, 4) is 6.07 Å². The molecule has 1 aromatic heterocycles. The molecule has 0 aliphatic heterocycles. The molecule has 3 rings (SSSR count). The van der Waals surface area contributed by atoms with Crippen LogP contribution in [0.25, 0.3) is 0 Å². The first kappa shape index (κ1) is 14.2. The summed E-state index contributed by atoms with van der Waals surface area (Å²) in [6.45, 7) is 0. The molecule has 1 aliphatic carbocycles. The van der Waals surface area contributed by atoms with E-state index in [-0.39, 0.29) is 0 Å². The number of hydrogen-bond acceptors (Lipinski definition) is 3. The van der Waals surface area contributed by atoms with E-state index in [1.165, 1.54) is 0 Å². The summed E-state index contributed by atoms with van der Waals surface area (Å²) < 4.78 is 0.855. The summed E-state index contributed by atoms with van der Waals surface area (Å²) >= 11 is 3.34. The lowest BCUT2D eigenvalue weighted by molar-refractivity contribution is 0.0956. The molecule has 2 atom stereocenters. The van der Waals surface area contributed by atoms with Crippen LogP contribution in [-0.4, -0.2) is 10.1 Å². The number of aliphatic hydroxyl groups excluding tert-OH is 1. The Morgan fingerprint density at radius 3 is 2.81 bits per heavy atom. The first-order chi connectivity index (χ1) is 10.2. The van der Waals surface area contributed by atoms with E-state index in [4.69, 9.17) is 0 Å². The predicted molar refractivity (Wildman–Crippen MR) is 83.6 cm³/mol. The Hall–Kier alpha value is -1.70. The van der Waals surface area contributed by atoms with Gasteiger partial charge in [-0.1, -0.05) is 24.3 Å². The largest absolute Gasteiger partial charge is 0.385 e. The number of fused-ring (bicyclic) bond motifs is 1. The lowest BCUT2D eigenvalue weighted by Crippen LogP contribution is -2.36. The van der Waals surface area contributed by atoms with Gasteiger partial charge in [0.05, 0.1) is 11.8 Å². The molecule has 0 saturated heterocycles. The third-order valence-electron chi connectivity index (χ3n) is 4.21. The highest BCUT2D eigenvalue weighted by Crippen LogP contribution is 2.45. The second-order valence-electron chi connectivity index (χ2n) is 5.40. The lowest BCUT2D eigenvalue weighted by Gasteiger charge is -2.36. The molecule has 4 heteroatoms. The van der Waals surface area contributed by atoms with Crippen molar-refractivity contribution < 1.29 is 5.11 Å². The van der Waals surface area contributed by atoms with Gasteiger partial charge in [-0.15, -0.1) is 0 Å². The monoisotopic (exact) mass is 342 g/mol. The quantitative estimate of drug-likeness (QED) is 0.905. The summed E-state index contributed by atoms with van der Waals surface area (Å²) in [6.07, 6.45) is 3.24. The number of aryl methyl sites for hydroxylation is 1. The molecule has 1 N–H and O–H groups in total. The number of aromatic nitrogens is 1. The Bertz CT molecular complexity index is 693. The average molecular weight is 343 g/mol. The van der Waals surface area contributed by atoms with Gasteiger partial charge < -0.3 is 5.11 Å². The first-order valence-corrected chi connectivity index (χ1v) is 7.76. The molecule has 0 spiro atoms. The Balaban J connectivity index is 2.10. The highest BCUT2D eigenvalue weighted by atomic mass is 79.9. The SMILES string of the molecule is N#CC1(C(O)c2ccc(Br)cn2)CCCc2ccccc21. The topological polar surface area (TPSA) is 56.9 Å². The maximum atomic E-state index is 10.8. The van der Waals surface area contributed by atoms with E-state index in [0.29, 0.717) is 12.1 Å². The summed E-state index contributed by atoms with van der Waals surface area (Å²) in [5.41, 5.74) is 1.73. The molecule has 106 valence electrons. The smallest absolute Gasteiger partial charge is 0.119 e. The number of halogens is 1. The number of benzene rings is 1. The number of hydrogen-bond donors (Lipinski definition) is 1. The summed E-state index contributed by atoms with van der Waals surface area (Å²) in [5, 5.41) is 20.7. The van der Waals surface area contributed by atoms with Crippen molar-refractivity contribution in [1.82, 2.24) is 4.98 Å². The van der Waals surface area contributed by atoms with Crippen LogP contribution in [0.2, 0.25) is 0 Å². The Labute approximate surface area is 132 Å². The van der Waals surface area contributed by atoms with Crippen molar-refractivity contribution in [3.05, 3.63) is 63.9 Å². The molecular weight excluding hydrogens is 328 g/mol. The number of nitriles is 1. The van der Waals surface area contributed by atoms with Crippen LogP contribution in [0.1, 0.15) is 35.8 Å². The minimum absolute atomic E-state index is 0.538. The molecule has 0 amide bonds. The zero-order valence-electron chi connectivity index (χ0n) is 11.5. The highest BCUT2D eigenvalue weighted by Gasteiger charge is 2.44. The maximum Gasteiger partial charge on any atom is 0.119 e. The number of aliphatic hydroxyl groups is 1. The molecule has 1 heterocycles. The molecule has 1 aromatic carbocycles. The van der Waals surface area contributed by atoms with Crippen molar-refractivity contribution in [3.63, 3.8) is 0 Å². The summed E-state index contributed by atoms with van der Waals surface area (Å²) in [6, 6.07) is 13.9. The van der Waals surface area contributed by atoms with Crippen LogP contribution in [0.15, 0.2) is 47.1 Å². The van der Waals surface area contributed by atoms with Gasteiger partial charge in [0.1, 0.15) is 11.5 Å². The average Bonchev–Trinajstić information content (AvgIpc) is 2.54. The maximum absolute atomic E-state index is 10.8. The Kier molecular flexibility index (Phi) is 3.79. The van der Waals surface area contributed by atoms with Crippen LogP contribution in [-0.2, 0) is 11.8 Å². The second-order valence-corrected chi connectivity index (χ2v) is 6.31. The van der Waals surface area contributed by atoms with Crippen LogP contribution in [0.4, 0.5) is 0 Å². The summed E-state index contributed by atoms with van der Waals surface area (Å²) in [7, 11) is 0. The standard InChI is InChI=1S/C17H15BrN2O/c18-13-7-8-15(20-10-13)16(21)17(11-19)9-3-5-12-4-1-2-6-14(12)17/h1-2,4,6-8,10,16,21H,3,5,9H2. The fraction of sp³-hybridized carbons (Fsp3) is 0.294. The van der Waals surface area contributed by atoms with E-state index in [0.717, 1.165) is 28.4 Å². The predicted octanol–water partition coefficient (Wildman–Crippen LogP) is 3.68. The van der Waals surface area contributed by atoms with E-state index in [2.05, 4.69) is 27.0 Å². The van der Waals surface area contributed by atoms with Crippen LogP contribution < -0.4 is 0 Å². The van der Waals surface area contributed by atoms with Crippen LogP contribution >= 0.6 is 15.9 Å². The van der Waals surface area contributed by atoms with E-state index in [1.807, 2.05) is 30.3 Å². The van der Waals surface area contributed by atoms with Crippen molar-refractivity contribution in [1.29, 1.82) is 5.26 Å². The van der Waals surface area contributed by atoms with Gasteiger partial charge in [-0.2, -0.15) is 5.26 Å². The molecule has 21 heavy (non-hydrogen) atoms. The van der Waals surface area contributed by atoms with Crippen LogP contribution in [0.5, 0.6) is 0 Å². The zero-order valence-corrected chi connectivity index (χ0v) is 13.0.